The number of aromatic nitrogens is 3. The summed E-state index contributed by atoms with van der Waals surface area (Å²) in [5, 5.41) is 0. The summed E-state index contributed by atoms with van der Waals surface area (Å²) < 4.78 is 5.77. The second-order valence-corrected chi connectivity index (χ2v) is 4.61. The number of pyridine rings is 1. The fraction of sp³-hybridized carbons (Fsp3) is 0.250. The van der Waals surface area contributed by atoms with Crippen LogP contribution in [0.2, 0.25) is 0 Å². The van der Waals surface area contributed by atoms with E-state index in [1.54, 1.807) is 19.5 Å². The molecule has 18 heavy (non-hydrogen) atoms. The SMILES string of the molecule is COCc1nc(-c2cnccc2C)nc(N)c1Br. The van der Waals surface area contributed by atoms with Crippen LogP contribution in [0.15, 0.2) is 22.9 Å². The fourth-order valence-corrected chi connectivity index (χ4v) is 1.86. The third kappa shape index (κ3) is 2.49. The maximum atomic E-state index is 5.87. The second kappa shape index (κ2) is 5.41. The van der Waals surface area contributed by atoms with E-state index < -0.39 is 0 Å². The number of methoxy groups -OCH3 is 1. The van der Waals surface area contributed by atoms with Crippen molar-refractivity contribution in [3.8, 4) is 11.4 Å². The third-order valence-electron chi connectivity index (χ3n) is 2.51. The highest BCUT2D eigenvalue weighted by Crippen LogP contribution is 2.26. The van der Waals surface area contributed by atoms with Gasteiger partial charge in [0.25, 0.3) is 0 Å². The van der Waals surface area contributed by atoms with Crippen LogP contribution in [0.25, 0.3) is 11.4 Å². The zero-order valence-electron chi connectivity index (χ0n) is 10.1. The van der Waals surface area contributed by atoms with Crippen molar-refractivity contribution in [1.82, 2.24) is 15.0 Å². The van der Waals surface area contributed by atoms with Gasteiger partial charge in [0, 0.05) is 25.1 Å². The van der Waals surface area contributed by atoms with Gasteiger partial charge in [-0.3, -0.25) is 4.98 Å². The molecule has 0 saturated carbocycles. The van der Waals surface area contributed by atoms with Gasteiger partial charge < -0.3 is 10.5 Å². The summed E-state index contributed by atoms with van der Waals surface area (Å²) in [5.41, 5.74) is 8.51. The molecule has 0 amide bonds. The van der Waals surface area contributed by atoms with E-state index in [0.717, 1.165) is 16.8 Å². The van der Waals surface area contributed by atoms with Crippen LogP contribution in [0.4, 0.5) is 5.82 Å². The normalized spacial score (nSPS) is 10.6. The highest BCUT2D eigenvalue weighted by atomic mass is 79.9. The van der Waals surface area contributed by atoms with Crippen LogP contribution in [-0.4, -0.2) is 22.1 Å². The lowest BCUT2D eigenvalue weighted by Crippen LogP contribution is -2.04. The predicted molar refractivity (Wildman–Crippen MR) is 72.8 cm³/mol. The number of nitrogens with zero attached hydrogens (tertiary/aromatic N) is 3. The van der Waals surface area contributed by atoms with Crippen molar-refractivity contribution in [2.75, 3.05) is 12.8 Å². The van der Waals surface area contributed by atoms with Crippen molar-refractivity contribution >= 4 is 21.7 Å². The van der Waals surface area contributed by atoms with Gasteiger partial charge in [-0.2, -0.15) is 0 Å². The molecule has 2 aromatic heterocycles. The van der Waals surface area contributed by atoms with Gasteiger partial charge in [0.15, 0.2) is 5.82 Å². The molecule has 0 aliphatic heterocycles. The number of nitrogens with two attached hydrogens (primary N) is 1. The van der Waals surface area contributed by atoms with Crippen molar-refractivity contribution in [1.29, 1.82) is 0 Å². The molecule has 6 heteroatoms. The van der Waals surface area contributed by atoms with E-state index in [4.69, 9.17) is 10.5 Å². The van der Waals surface area contributed by atoms with Crippen LogP contribution in [-0.2, 0) is 11.3 Å². The first-order chi connectivity index (χ1) is 8.63. The van der Waals surface area contributed by atoms with Crippen LogP contribution >= 0.6 is 15.9 Å². The largest absolute Gasteiger partial charge is 0.383 e. The highest BCUT2D eigenvalue weighted by molar-refractivity contribution is 9.10. The molecule has 0 radical (unpaired) electrons. The third-order valence-corrected chi connectivity index (χ3v) is 3.37. The Kier molecular flexibility index (Phi) is 3.88. The van der Waals surface area contributed by atoms with Crippen LogP contribution in [0.5, 0.6) is 0 Å². The van der Waals surface area contributed by atoms with Gasteiger partial charge in [-0.15, -0.1) is 0 Å². The molecule has 2 rings (SSSR count). The Morgan fingerprint density at radius 3 is 2.83 bits per heavy atom. The molecule has 0 bridgehead atoms. The van der Waals surface area contributed by atoms with Gasteiger partial charge in [-0.05, 0) is 34.5 Å². The predicted octanol–water partition coefficient (Wildman–Crippen LogP) is 2.34. The smallest absolute Gasteiger partial charge is 0.163 e. The molecule has 0 saturated heterocycles. The zero-order valence-corrected chi connectivity index (χ0v) is 11.7. The van der Waals surface area contributed by atoms with Crippen molar-refractivity contribution in [2.45, 2.75) is 13.5 Å². The van der Waals surface area contributed by atoms with Gasteiger partial charge in [-0.1, -0.05) is 0 Å². The van der Waals surface area contributed by atoms with Gasteiger partial charge in [0.1, 0.15) is 5.82 Å². The second-order valence-electron chi connectivity index (χ2n) is 3.82. The Balaban J connectivity index is 2.56. The van der Waals surface area contributed by atoms with E-state index in [1.807, 2.05) is 13.0 Å². The number of aryl methyl sites for hydroxylation is 1. The van der Waals surface area contributed by atoms with Crippen molar-refractivity contribution in [3.05, 3.63) is 34.2 Å². The van der Waals surface area contributed by atoms with E-state index in [9.17, 15) is 0 Å². The van der Waals surface area contributed by atoms with E-state index in [-0.39, 0.29) is 0 Å². The molecular formula is C12H13BrN4O. The minimum atomic E-state index is 0.375. The Hall–Kier alpha value is -1.53. The van der Waals surface area contributed by atoms with E-state index in [1.165, 1.54) is 0 Å². The molecule has 0 aliphatic carbocycles. The quantitative estimate of drug-likeness (QED) is 0.942. The summed E-state index contributed by atoms with van der Waals surface area (Å²) >= 11 is 3.36. The zero-order chi connectivity index (χ0) is 13.1. The van der Waals surface area contributed by atoms with E-state index >= 15 is 0 Å². The Labute approximate surface area is 114 Å². The van der Waals surface area contributed by atoms with Crippen molar-refractivity contribution in [2.24, 2.45) is 0 Å². The average Bonchev–Trinajstić information content (AvgIpc) is 2.35. The minimum absolute atomic E-state index is 0.375. The lowest BCUT2D eigenvalue weighted by Gasteiger charge is -2.09. The Morgan fingerprint density at radius 2 is 2.17 bits per heavy atom. The molecule has 0 aliphatic rings. The standard InChI is InChI=1S/C12H13BrN4O/c1-7-3-4-15-5-8(7)12-16-9(6-18-2)10(13)11(14)17-12/h3-5H,6H2,1-2H3,(H2,14,16,17). The molecule has 2 aromatic rings. The number of nitrogen functional groups attached to an aromatic ring is 1. The molecule has 0 atom stereocenters. The fourth-order valence-electron chi connectivity index (χ4n) is 1.56. The van der Waals surface area contributed by atoms with Gasteiger partial charge in [0.2, 0.25) is 0 Å². The topological polar surface area (TPSA) is 73.9 Å². The number of hydrogen-bond acceptors (Lipinski definition) is 5. The first kappa shape index (κ1) is 12.9. The number of hydrogen-bond donors (Lipinski definition) is 1. The molecule has 0 aromatic carbocycles. The first-order valence-electron chi connectivity index (χ1n) is 5.35. The molecule has 0 fully saturated rings. The summed E-state index contributed by atoms with van der Waals surface area (Å²) in [7, 11) is 1.61. The molecule has 2 heterocycles. The summed E-state index contributed by atoms with van der Waals surface area (Å²) in [5.74, 6) is 0.962. The average molecular weight is 309 g/mol. The van der Waals surface area contributed by atoms with Crippen LogP contribution in [0.1, 0.15) is 11.3 Å². The molecule has 0 spiro atoms. The number of rotatable bonds is 3. The van der Waals surface area contributed by atoms with Gasteiger partial charge in [0.05, 0.1) is 16.8 Å². The van der Waals surface area contributed by atoms with E-state index in [2.05, 4.69) is 30.9 Å². The van der Waals surface area contributed by atoms with Crippen LogP contribution in [0, 0.1) is 6.92 Å². The summed E-state index contributed by atoms with van der Waals surface area (Å²) in [6.07, 6.45) is 3.46. The lowest BCUT2D eigenvalue weighted by atomic mass is 10.1. The molecule has 94 valence electrons. The number of halogens is 1. The van der Waals surface area contributed by atoms with Crippen molar-refractivity contribution in [3.63, 3.8) is 0 Å². The molecule has 2 N–H and O–H groups in total. The van der Waals surface area contributed by atoms with Gasteiger partial charge in [-0.25, -0.2) is 9.97 Å². The summed E-state index contributed by atoms with van der Waals surface area (Å²) in [4.78, 5) is 12.8. The number of ether oxygens (including phenoxy) is 1. The minimum Gasteiger partial charge on any atom is -0.383 e. The van der Waals surface area contributed by atoms with Gasteiger partial charge >= 0.3 is 0 Å². The van der Waals surface area contributed by atoms with E-state index in [0.29, 0.717) is 22.7 Å². The molecule has 0 unspecified atom stereocenters. The van der Waals surface area contributed by atoms with Crippen LogP contribution in [0.3, 0.4) is 0 Å². The lowest BCUT2D eigenvalue weighted by molar-refractivity contribution is 0.181. The number of anilines is 1. The Bertz CT molecular complexity index is 574. The highest BCUT2D eigenvalue weighted by Gasteiger charge is 2.12. The molecular weight excluding hydrogens is 296 g/mol. The molecule has 5 nitrogen and oxygen atoms in total. The maximum absolute atomic E-state index is 5.87. The summed E-state index contributed by atoms with van der Waals surface area (Å²) in [6, 6.07) is 1.91. The van der Waals surface area contributed by atoms with Crippen LogP contribution < -0.4 is 5.73 Å². The monoisotopic (exact) mass is 308 g/mol. The maximum Gasteiger partial charge on any atom is 0.163 e. The summed E-state index contributed by atoms with van der Waals surface area (Å²) in [6.45, 7) is 2.36. The van der Waals surface area contributed by atoms with Crippen molar-refractivity contribution < 1.29 is 4.74 Å². The first-order valence-corrected chi connectivity index (χ1v) is 6.14. The Morgan fingerprint density at radius 1 is 1.39 bits per heavy atom.